The van der Waals surface area contributed by atoms with Crippen LogP contribution in [0.25, 0.3) is 0 Å². The van der Waals surface area contributed by atoms with Crippen LogP contribution >= 0.6 is 0 Å². The SMILES string of the molecule is CCNC(Cc1nccn1CC)CC1CC1. The summed E-state index contributed by atoms with van der Waals surface area (Å²) in [5.74, 6) is 2.21. The number of imidazole rings is 1. The number of nitrogens with zero attached hydrogens (tertiary/aromatic N) is 2. The highest BCUT2D eigenvalue weighted by Gasteiger charge is 2.25. The van der Waals surface area contributed by atoms with E-state index in [0.717, 1.165) is 25.4 Å². The van der Waals surface area contributed by atoms with Crippen molar-refractivity contribution in [2.24, 2.45) is 5.92 Å². The zero-order valence-corrected chi connectivity index (χ0v) is 10.4. The molecule has 3 heteroatoms. The van der Waals surface area contributed by atoms with Crippen molar-refractivity contribution in [2.75, 3.05) is 6.54 Å². The van der Waals surface area contributed by atoms with Gasteiger partial charge in [-0.15, -0.1) is 0 Å². The highest BCUT2D eigenvalue weighted by molar-refractivity contribution is 4.96. The lowest BCUT2D eigenvalue weighted by atomic mass is 10.1. The molecule has 0 bridgehead atoms. The third kappa shape index (κ3) is 3.08. The maximum Gasteiger partial charge on any atom is 0.110 e. The number of nitrogens with one attached hydrogen (secondary N) is 1. The van der Waals surface area contributed by atoms with Crippen LogP contribution in [0.1, 0.15) is 38.9 Å². The Morgan fingerprint density at radius 3 is 2.94 bits per heavy atom. The van der Waals surface area contributed by atoms with Gasteiger partial charge in [-0.25, -0.2) is 4.98 Å². The van der Waals surface area contributed by atoms with Crippen molar-refractivity contribution < 1.29 is 0 Å². The van der Waals surface area contributed by atoms with Gasteiger partial charge in [-0.05, 0) is 25.8 Å². The second-order valence-corrected chi connectivity index (χ2v) is 4.77. The zero-order chi connectivity index (χ0) is 11.4. The number of hydrogen-bond acceptors (Lipinski definition) is 2. The van der Waals surface area contributed by atoms with E-state index in [4.69, 9.17) is 0 Å². The first-order valence-corrected chi connectivity index (χ1v) is 6.56. The lowest BCUT2D eigenvalue weighted by molar-refractivity contribution is 0.451. The van der Waals surface area contributed by atoms with Gasteiger partial charge in [-0.2, -0.15) is 0 Å². The van der Waals surface area contributed by atoms with Crippen molar-refractivity contribution in [1.29, 1.82) is 0 Å². The van der Waals surface area contributed by atoms with Crippen LogP contribution in [0.3, 0.4) is 0 Å². The first kappa shape index (κ1) is 11.6. The first-order valence-electron chi connectivity index (χ1n) is 6.56. The van der Waals surface area contributed by atoms with Gasteiger partial charge in [0.25, 0.3) is 0 Å². The molecule has 16 heavy (non-hydrogen) atoms. The van der Waals surface area contributed by atoms with Crippen molar-refractivity contribution in [2.45, 2.75) is 52.1 Å². The van der Waals surface area contributed by atoms with E-state index in [2.05, 4.69) is 34.9 Å². The van der Waals surface area contributed by atoms with Gasteiger partial charge in [0.1, 0.15) is 5.82 Å². The normalized spacial score (nSPS) is 17.6. The fourth-order valence-corrected chi connectivity index (χ4v) is 2.32. The van der Waals surface area contributed by atoms with Crippen LogP contribution in [0.5, 0.6) is 0 Å². The van der Waals surface area contributed by atoms with Crippen molar-refractivity contribution in [3.05, 3.63) is 18.2 Å². The second kappa shape index (κ2) is 5.48. The highest BCUT2D eigenvalue weighted by atomic mass is 15.1. The molecule has 1 aromatic heterocycles. The molecule has 1 fully saturated rings. The summed E-state index contributed by atoms with van der Waals surface area (Å²) >= 11 is 0. The van der Waals surface area contributed by atoms with E-state index in [1.54, 1.807) is 0 Å². The molecule has 1 aliphatic carbocycles. The van der Waals surface area contributed by atoms with Crippen LogP contribution < -0.4 is 5.32 Å². The molecule has 90 valence electrons. The maximum atomic E-state index is 4.46. The smallest absolute Gasteiger partial charge is 0.110 e. The van der Waals surface area contributed by atoms with Gasteiger partial charge >= 0.3 is 0 Å². The molecule has 2 rings (SSSR count). The molecule has 1 atom stereocenters. The lowest BCUT2D eigenvalue weighted by Gasteiger charge is -2.17. The van der Waals surface area contributed by atoms with Crippen molar-refractivity contribution in [3.63, 3.8) is 0 Å². The van der Waals surface area contributed by atoms with E-state index in [1.165, 1.54) is 25.1 Å². The van der Waals surface area contributed by atoms with E-state index < -0.39 is 0 Å². The molecule has 1 unspecified atom stereocenters. The molecule has 0 amide bonds. The Morgan fingerprint density at radius 1 is 1.50 bits per heavy atom. The third-order valence-electron chi connectivity index (χ3n) is 3.38. The molecule has 1 heterocycles. The zero-order valence-electron chi connectivity index (χ0n) is 10.4. The molecular weight excluding hydrogens is 198 g/mol. The Balaban J connectivity index is 1.92. The minimum atomic E-state index is 0.616. The fourth-order valence-electron chi connectivity index (χ4n) is 2.32. The molecule has 1 aromatic rings. The van der Waals surface area contributed by atoms with Crippen molar-refractivity contribution >= 4 is 0 Å². The molecule has 0 saturated heterocycles. The molecule has 1 aliphatic rings. The van der Waals surface area contributed by atoms with Gasteiger partial charge in [-0.3, -0.25) is 0 Å². The Bertz CT molecular complexity index is 315. The van der Waals surface area contributed by atoms with Crippen molar-refractivity contribution in [3.8, 4) is 0 Å². The second-order valence-electron chi connectivity index (χ2n) is 4.77. The van der Waals surface area contributed by atoms with E-state index in [1.807, 2.05) is 6.20 Å². The van der Waals surface area contributed by atoms with Gasteiger partial charge in [0.05, 0.1) is 0 Å². The van der Waals surface area contributed by atoms with Gasteiger partial charge in [0.15, 0.2) is 0 Å². The Morgan fingerprint density at radius 2 is 2.31 bits per heavy atom. The van der Waals surface area contributed by atoms with Gasteiger partial charge in [0.2, 0.25) is 0 Å². The van der Waals surface area contributed by atoms with Crippen LogP contribution in [-0.4, -0.2) is 22.1 Å². The summed E-state index contributed by atoms with van der Waals surface area (Å²) in [6.45, 7) is 6.45. The summed E-state index contributed by atoms with van der Waals surface area (Å²) in [6, 6.07) is 0.616. The predicted molar refractivity (Wildman–Crippen MR) is 66.4 cm³/mol. The summed E-state index contributed by atoms with van der Waals surface area (Å²) in [4.78, 5) is 4.46. The average Bonchev–Trinajstić information content (AvgIpc) is 2.96. The largest absolute Gasteiger partial charge is 0.335 e. The number of aromatic nitrogens is 2. The molecule has 0 radical (unpaired) electrons. The summed E-state index contributed by atoms with van der Waals surface area (Å²) in [7, 11) is 0. The summed E-state index contributed by atoms with van der Waals surface area (Å²) in [5.41, 5.74) is 0. The van der Waals surface area contributed by atoms with Crippen LogP contribution in [-0.2, 0) is 13.0 Å². The van der Waals surface area contributed by atoms with Gasteiger partial charge in [-0.1, -0.05) is 19.8 Å². The summed E-state index contributed by atoms with van der Waals surface area (Å²) in [5, 5.41) is 3.59. The first-order chi connectivity index (χ1) is 7.83. The molecule has 1 N–H and O–H groups in total. The number of rotatable bonds is 7. The standard InChI is InChI=1S/C13H23N3/c1-3-14-12(9-11-5-6-11)10-13-15-7-8-16(13)4-2/h7-8,11-12,14H,3-6,9-10H2,1-2H3. The molecule has 1 saturated carbocycles. The third-order valence-corrected chi connectivity index (χ3v) is 3.38. The summed E-state index contributed by atoms with van der Waals surface area (Å²) < 4.78 is 2.25. The fraction of sp³-hybridized carbons (Fsp3) is 0.769. The predicted octanol–water partition coefficient (Wildman–Crippen LogP) is 2.22. The van der Waals surface area contributed by atoms with Crippen LogP contribution in [0.2, 0.25) is 0 Å². The monoisotopic (exact) mass is 221 g/mol. The molecule has 0 spiro atoms. The minimum Gasteiger partial charge on any atom is -0.335 e. The quantitative estimate of drug-likeness (QED) is 0.765. The molecule has 0 aliphatic heterocycles. The van der Waals surface area contributed by atoms with E-state index in [-0.39, 0.29) is 0 Å². The van der Waals surface area contributed by atoms with Gasteiger partial charge < -0.3 is 9.88 Å². The lowest BCUT2D eigenvalue weighted by Crippen LogP contribution is -2.32. The van der Waals surface area contributed by atoms with E-state index in [9.17, 15) is 0 Å². The van der Waals surface area contributed by atoms with E-state index in [0.29, 0.717) is 6.04 Å². The van der Waals surface area contributed by atoms with Crippen LogP contribution in [0.15, 0.2) is 12.4 Å². The van der Waals surface area contributed by atoms with E-state index >= 15 is 0 Å². The number of likely N-dealkylation sites (N-methyl/N-ethyl adjacent to an activating group) is 1. The van der Waals surface area contributed by atoms with Crippen LogP contribution in [0.4, 0.5) is 0 Å². The van der Waals surface area contributed by atoms with Crippen molar-refractivity contribution in [1.82, 2.24) is 14.9 Å². The Labute approximate surface area is 98.3 Å². The molecule has 3 nitrogen and oxygen atoms in total. The molecular formula is C13H23N3. The number of aryl methyl sites for hydroxylation is 1. The number of hydrogen-bond donors (Lipinski definition) is 1. The topological polar surface area (TPSA) is 29.9 Å². The minimum absolute atomic E-state index is 0.616. The Kier molecular flexibility index (Phi) is 3.99. The Hall–Kier alpha value is -0.830. The summed E-state index contributed by atoms with van der Waals surface area (Å²) in [6.07, 6.45) is 9.26. The molecule has 0 aromatic carbocycles. The highest BCUT2D eigenvalue weighted by Crippen LogP contribution is 2.34. The van der Waals surface area contributed by atoms with Gasteiger partial charge in [0, 0.05) is 31.4 Å². The maximum absolute atomic E-state index is 4.46. The van der Waals surface area contributed by atoms with Crippen LogP contribution in [0, 0.1) is 5.92 Å². The average molecular weight is 221 g/mol.